The minimum Gasteiger partial charge on any atom is -0.454 e. The zero-order valence-electron chi connectivity index (χ0n) is 28.0. The highest BCUT2D eigenvalue weighted by Crippen LogP contribution is 2.50. The van der Waals surface area contributed by atoms with E-state index in [0.29, 0.717) is 0 Å². The zero-order chi connectivity index (χ0) is 34.2. The Morgan fingerprint density at radius 1 is 0.481 bits per heavy atom. The number of nitrogens with zero attached hydrogens (tertiary/aromatic N) is 2. The zero-order valence-corrected chi connectivity index (χ0v) is 28.8. The summed E-state index contributed by atoms with van der Waals surface area (Å²) in [6.45, 7) is 0. The van der Waals surface area contributed by atoms with Crippen LogP contribution >= 0.6 is 11.3 Å². The number of rotatable bonds is 5. The first kappa shape index (κ1) is 29.1. The molecular weight excluding hydrogens is 653 g/mol. The van der Waals surface area contributed by atoms with E-state index in [9.17, 15) is 0 Å². The summed E-state index contributed by atoms with van der Waals surface area (Å²) >= 11 is 1.86. The van der Waals surface area contributed by atoms with Crippen LogP contribution in [0, 0.1) is 0 Å². The van der Waals surface area contributed by atoms with Gasteiger partial charge in [0.1, 0.15) is 5.58 Å². The third-order valence-corrected chi connectivity index (χ3v) is 11.6. The number of benzene rings is 8. The van der Waals surface area contributed by atoms with E-state index in [1.165, 1.54) is 53.1 Å². The van der Waals surface area contributed by atoms with Gasteiger partial charge in [-0.2, -0.15) is 0 Å². The highest BCUT2D eigenvalue weighted by molar-refractivity contribution is 7.26. The fourth-order valence-electron chi connectivity index (χ4n) is 8.13. The Balaban J connectivity index is 1.17. The maximum atomic E-state index is 6.65. The maximum Gasteiger partial charge on any atom is 0.159 e. The molecule has 0 N–H and O–H groups in total. The molecule has 52 heavy (non-hydrogen) atoms. The van der Waals surface area contributed by atoms with Crippen molar-refractivity contribution in [3.05, 3.63) is 182 Å². The monoisotopic (exact) mass is 682 g/mol. The Morgan fingerprint density at radius 3 is 1.94 bits per heavy atom. The Labute approximate surface area is 303 Å². The number of aromatic nitrogens is 1. The largest absolute Gasteiger partial charge is 0.454 e. The highest BCUT2D eigenvalue weighted by Gasteiger charge is 2.24. The Bertz CT molecular complexity index is 3100. The number of para-hydroxylation sites is 5. The predicted octanol–water partition coefficient (Wildman–Crippen LogP) is 14.2. The summed E-state index contributed by atoms with van der Waals surface area (Å²) in [7, 11) is 0. The van der Waals surface area contributed by atoms with E-state index < -0.39 is 0 Å². The molecule has 0 fully saturated rings. The van der Waals surface area contributed by atoms with Gasteiger partial charge in [-0.3, -0.25) is 0 Å². The van der Waals surface area contributed by atoms with Gasteiger partial charge in [-0.05, 0) is 71.8 Å². The summed E-state index contributed by atoms with van der Waals surface area (Å²) in [5.41, 5.74) is 11.0. The van der Waals surface area contributed by atoms with E-state index in [0.717, 1.165) is 44.7 Å². The van der Waals surface area contributed by atoms with E-state index in [4.69, 9.17) is 4.42 Å². The normalized spacial score (nSPS) is 11.8. The van der Waals surface area contributed by atoms with Gasteiger partial charge in [0.2, 0.25) is 0 Å². The lowest BCUT2D eigenvalue weighted by molar-refractivity contribution is 0.669. The van der Waals surface area contributed by atoms with Crippen molar-refractivity contribution >= 4 is 92.3 Å². The molecule has 0 aliphatic carbocycles. The van der Waals surface area contributed by atoms with Crippen molar-refractivity contribution in [1.29, 1.82) is 0 Å². The van der Waals surface area contributed by atoms with Crippen LogP contribution in [0.1, 0.15) is 0 Å². The van der Waals surface area contributed by atoms with E-state index >= 15 is 0 Å². The second-order valence-corrected chi connectivity index (χ2v) is 14.3. The molecule has 3 nitrogen and oxygen atoms in total. The fraction of sp³-hybridized carbons (Fsp3) is 0. The summed E-state index contributed by atoms with van der Waals surface area (Å²) in [5, 5.41) is 7.24. The minimum absolute atomic E-state index is 0.878. The van der Waals surface area contributed by atoms with Crippen molar-refractivity contribution in [2.24, 2.45) is 0 Å². The van der Waals surface area contributed by atoms with Crippen LogP contribution in [-0.2, 0) is 0 Å². The average Bonchev–Trinajstić information content (AvgIpc) is 3.89. The van der Waals surface area contributed by atoms with Crippen LogP contribution in [-0.4, -0.2) is 4.57 Å². The SMILES string of the molecule is c1ccc(N(c2cccc3c2oc2ccccc23)c2ccc(-c3cccc(-n4c5ccccc5c5ccccc54)c3)c3sc4ccccc4c23)cc1. The lowest BCUT2D eigenvalue weighted by Gasteiger charge is -2.27. The van der Waals surface area contributed by atoms with Crippen LogP contribution in [0.2, 0.25) is 0 Å². The second-order valence-electron chi connectivity index (χ2n) is 13.3. The van der Waals surface area contributed by atoms with Crippen LogP contribution in [0.3, 0.4) is 0 Å². The van der Waals surface area contributed by atoms with Crippen molar-refractivity contribution in [3.8, 4) is 16.8 Å². The van der Waals surface area contributed by atoms with Crippen LogP contribution in [0.4, 0.5) is 17.1 Å². The smallest absolute Gasteiger partial charge is 0.159 e. The van der Waals surface area contributed by atoms with Crippen LogP contribution in [0.25, 0.3) is 80.7 Å². The molecule has 11 aromatic rings. The molecule has 4 heteroatoms. The lowest BCUT2D eigenvalue weighted by Crippen LogP contribution is -2.10. The predicted molar refractivity (Wildman–Crippen MR) is 221 cm³/mol. The molecule has 0 amide bonds. The molecule has 0 unspecified atom stereocenters. The van der Waals surface area contributed by atoms with Gasteiger partial charge in [0.25, 0.3) is 0 Å². The first-order valence-electron chi connectivity index (χ1n) is 17.6. The molecule has 3 aromatic heterocycles. The number of fused-ring (bicyclic) bond motifs is 9. The summed E-state index contributed by atoms with van der Waals surface area (Å²) in [6, 6.07) is 65.3. The summed E-state index contributed by atoms with van der Waals surface area (Å²) < 4.78 is 11.6. The van der Waals surface area contributed by atoms with Gasteiger partial charge in [0, 0.05) is 53.1 Å². The Kier molecular flexibility index (Phi) is 6.42. The molecule has 0 aliphatic rings. The molecule has 0 aliphatic heterocycles. The third-order valence-electron chi connectivity index (χ3n) is 10.4. The molecular formula is C48H30N2OS. The van der Waals surface area contributed by atoms with Crippen molar-refractivity contribution in [3.63, 3.8) is 0 Å². The standard InChI is InChI=1S/C48H30N2OS/c1-2-15-32(16-3-1)49(43-25-13-22-38-37-20-6-10-26-44(37)51-47(38)43)42-29-28-34(48-46(42)39-21-7-11-27-45(39)52-48)31-14-12-17-33(30-31)50-40-23-8-4-18-35(40)36-19-5-9-24-41(36)50/h1-30H. The van der Waals surface area contributed by atoms with Crippen molar-refractivity contribution in [2.75, 3.05) is 4.90 Å². The van der Waals surface area contributed by atoms with Gasteiger partial charge in [-0.25, -0.2) is 0 Å². The summed E-state index contributed by atoms with van der Waals surface area (Å²) in [4.78, 5) is 2.38. The molecule has 3 heterocycles. The summed E-state index contributed by atoms with van der Waals surface area (Å²) in [6.07, 6.45) is 0. The van der Waals surface area contributed by atoms with Crippen molar-refractivity contribution < 1.29 is 4.42 Å². The minimum atomic E-state index is 0.878. The Hall–Kier alpha value is -6.62. The molecule has 244 valence electrons. The van der Waals surface area contributed by atoms with Crippen LogP contribution in [0.15, 0.2) is 186 Å². The number of thiophene rings is 1. The van der Waals surface area contributed by atoms with Crippen molar-refractivity contribution in [2.45, 2.75) is 0 Å². The fourth-order valence-corrected chi connectivity index (χ4v) is 9.39. The molecule has 8 aromatic carbocycles. The van der Waals surface area contributed by atoms with E-state index in [-0.39, 0.29) is 0 Å². The van der Waals surface area contributed by atoms with E-state index in [1.807, 2.05) is 17.4 Å². The topological polar surface area (TPSA) is 21.3 Å². The van der Waals surface area contributed by atoms with Gasteiger partial charge in [-0.15, -0.1) is 11.3 Å². The first-order valence-corrected chi connectivity index (χ1v) is 18.4. The molecule has 0 saturated carbocycles. The Morgan fingerprint density at radius 2 is 1.13 bits per heavy atom. The number of anilines is 3. The van der Waals surface area contributed by atoms with E-state index in [1.54, 1.807) is 0 Å². The highest BCUT2D eigenvalue weighted by atomic mass is 32.1. The third kappa shape index (κ3) is 4.31. The number of hydrogen-bond donors (Lipinski definition) is 0. The van der Waals surface area contributed by atoms with Gasteiger partial charge in [0.05, 0.1) is 22.4 Å². The second kappa shape index (κ2) is 11.5. The van der Waals surface area contributed by atoms with Crippen molar-refractivity contribution in [1.82, 2.24) is 4.57 Å². The average molecular weight is 683 g/mol. The van der Waals surface area contributed by atoms with Crippen LogP contribution in [0.5, 0.6) is 0 Å². The van der Waals surface area contributed by atoms with Crippen LogP contribution < -0.4 is 4.90 Å². The lowest BCUT2D eigenvalue weighted by atomic mass is 9.99. The van der Waals surface area contributed by atoms with Gasteiger partial charge >= 0.3 is 0 Å². The molecule has 0 bridgehead atoms. The maximum absolute atomic E-state index is 6.65. The number of hydrogen-bond acceptors (Lipinski definition) is 3. The molecule has 0 saturated heterocycles. The first-order chi connectivity index (χ1) is 25.8. The molecule has 0 radical (unpaired) electrons. The van der Waals surface area contributed by atoms with Gasteiger partial charge < -0.3 is 13.9 Å². The quantitative estimate of drug-likeness (QED) is 0.180. The molecule has 0 atom stereocenters. The summed E-state index contributed by atoms with van der Waals surface area (Å²) in [5.74, 6) is 0. The van der Waals surface area contributed by atoms with Gasteiger partial charge in [-0.1, -0.05) is 121 Å². The number of furan rings is 1. The van der Waals surface area contributed by atoms with E-state index in [2.05, 4.69) is 185 Å². The molecule has 0 spiro atoms. The molecule has 11 rings (SSSR count). The van der Waals surface area contributed by atoms with Gasteiger partial charge in [0.15, 0.2) is 5.58 Å².